The van der Waals surface area contributed by atoms with Crippen LogP contribution in [0.5, 0.6) is 0 Å². The molecule has 0 aromatic heterocycles. The first kappa shape index (κ1) is 16.6. The van der Waals surface area contributed by atoms with E-state index in [0.717, 1.165) is 11.4 Å². The normalized spacial score (nSPS) is 10.4. The van der Waals surface area contributed by atoms with Gasteiger partial charge in [-0.1, -0.05) is 13.8 Å². The van der Waals surface area contributed by atoms with Crippen molar-refractivity contribution >= 4 is 29.3 Å². The van der Waals surface area contributed by atoms with Crippen molar-refractivity contribution in [2.45, 2.75) is 13.8 Å². The van der Waals surface area contributed by atoms with Gasteiger partial charge in [-0.2, -0.15) is 11.8 Å². The SMILES string of the molecule is CC(C)CSCC(=O)Nc1ccc(C(=O)N(C)C)cc1. The minimum Gasteiger partial charge on any atom is -0.345 e. The summed E-state index contributed by atoms with van der Waals surface area (Å²) in [5.41, 5.74) is 1.33. The van der Waals surface area contributed by atoms with Gasteiger partial charge in [0.25, 0.3) is 5.91 Å². The van der Waals surface area contributed by atoms with E-state index < -0.39 is 0 Å². The van der Waals surface area contributed by atoms with E-state index in [4.69, 9.17) is 0 Å². The highest BCUT2D eigenvalue weighted by atomic mass is 32.2. The third kappa shape index (κ3) is 5.65. The van der Waals surface area contributed by atoms with Gasteiger partial charge in [-0.15, -0.1) is 0 Å². The maximum Gasteiger partial charge on any atom is 0.253 e. The molecule has 0 spiro atoms. The van der Waals surface area contributed by atoms with E-state index in [2.05, 4.69) is 19.2 Å². The fourth-order valence-electron chi connectivity index (χ4n) is 1.54. The number of rotatable bonds is 6. The van der Waals surface area contributed by atoms with Gasteiger partial charge >= 0.3 is 0 Å². The van der Waals surface area contributed by atoms with Crippen LogP contribution in [0.15, 0.2) is 24.3 Å². The molecule has 0 aliphatic heterocycles. The minimum absolute atomic E-state index is 0.0117. The van der Waals surface area contributed by atoms with Gasteiger partial charge in [0.05, 0.1) is 5.75 Å². The molecule has 110 valence electrons. The molecule has 1 rings (SSSR count). The zero-order chi connectivity index (χ0) is 15.1. The maximum atomic E-state index is 11.7. The van der Waals surface area contributed by atoms with Crippen molar-refractivity contribution in [1.82, 2.24) is 4.90 Å². The molecule has 0 atom stereocenters. The van der Waals surface area contributed by atoms with E-state index in [-0.39, 0.29) is 11.8 Å². The first-order chi connectivity index (χ1) is 9.40. The molecule has 5 heteroatoms. The second kappa shape index (κ2) is 7.94. The van der Waals surface area contributed by atoms with E-state index >= 15 is 0 Å². The van der Waals surface area contributed by atoms with Gasteiger partial charge in [0, 0.05) is 25.3 Å². The summed E-state index contributed by atoms with van der Waals surface area (Å²) < 4.78 is 0. The zero-order valence-electron chi connectivity index (χ0n) is 12.5. The van der Waals surface area contributed by atoms with Crippen LogP contribution < -0.4 is 5.32 Å². The average molecular weight is 294 g/mol. The van der Waals surface area contributed by atoms with Crippen LogP contribution in [0.3, 0.4) is 0 Å². The molecular formula is C15H22N2O2S. The monoisotopic (exact) mass is 294 g/mol. The van der Waals surface area contributed by atoms with Crippen molar-refractivity contribution in [3.05, 3.63) is 29.8 Å². The molecule has 0 bridgehead atoms. The maximum absolute atomic E-state index is 11.7. The highest BCUT2D eigenvalue weighted by Crippen LogP contribution is 2.12. The number of anilines is 1. The molecule has 1 aromatic carbocycles. The van der Waals surface area contributed by atoms with Crippen LogP contribution >= 0.6 is 11.8 Å². The molecule has 0 fully saturated rings. The number of nitrogens with one attached hydrogen (secondary N) is 1. The summed E-state index contributed by atoms with van der Waals surface area (Å²) in [4.78, 5) is 25.0. The van der Waals surface area contributed by atoms with Crippen molar-refractivity contribution in [2.75, 3.05) is 30.9 Å². The van der Waals surface area contributed by atoms with E-state index in [1.54, 1.807) is 50.1 Å². The number of amides is 2. The Morgan fingerprint density at radius 1 is 1.20 bits per heavy atom. The van der Waals surface area contributed by atoms with Crippen molar-refractivity contribution in [3.63, 3.8) is 0 Å². The highest BCUT2D eigenvalue weighted by Gasteiger charge is 2.08. The van der Waals surface area contributed by atoms with Gasteiger partial charge < -0.3 is 10.2 Å². The van der Waals surface area contributed by atoms with Crippen molar-refractivity contribution in [3.8, 4) is 0 Å². The summed E-state index contributed by atoms with van der Waals surface area (Å²) in [6.07, 6.45) is 0. The lowest BCUT2D eigenvalue weighted by Crippen LogP contribution is -2.21. The summed E-state index contributed by atoms with van der Waals surface area (Å²) in [6.45, 7) is 4.26. The molecule has 0 radical (unpaired) electrons. The third-order valence-electron chi connectivity index (χ3n) is 2.51. The van der Waals surface area contributed by atoms with Crippen molar-refractivity contribution in [2.24, 2.45) is 5.92 Å². The van der Waals surface area contributed by atoms with Crippen molar-refractivity contribution in [1.29, 1.82) is 0 Å². The molecule has 0 aliphatic rings. The molecule has 1 aromatic rings. The summed E-state index contributed by atoms with van der Waals surface area (Å²) in [7, 11) is 3.42. The Balaban J connectivity index is 2.49. The average Bonchev–Trinajstić information content (AvgIpc) is 2.38. The molecule has 2 amide bonds. The van der Waals surface area contributed by atoms with Gasteiger partial charge in [0.2, 0.25) is 5.91 Å². The summed E-state index contributed by atoms with van der Waals surface area (Å²) in [6, 6.07) is 6.95. The molecule has 0 saturated heterocycles. The molecule has 0 unspecified atom stereocenters. The Bertz CT molecular complexity index is 455. The van der Waals surface area contributed by atoms with Gasteiger partial charge in [0.1, 0.15) is 0 Å². The largest absolute Gasteiger partial charge is 0.345 e. The van der Waals surface area contributed by atoms with Crippen LogP contribution in [0.2, 0.25) is 0 Å². The lowest BCUT2D eigenvalue weighted by molar-refractivity contribution is -0.113. The van der Waals surface area contributed by atoms with E-state index in [1.165, 1.54) is 4.90 Å². The molecule has 20 heavy (non-hydrogen) atoms. The lowest BCUT2D eigenvalue weighted by Gasteiger charge is -2.11. The Labute approximate surface area is 124 Å². The van der Waals surface area contributed by atoms with Crippen LogP contribution in [0.4, 0.5) is 5.69 Å². The lowest BCUT2D eigenvalue weighted by atomic mass is 10.2. The Morgan fingerprint density at radius 2 is 1.80 bits per heavy atom. The smallest absolute Gasteiger partial charge is 0.253 e. The molecule has 0 saturated carbocycles. The second-order valence-corrected chi connectivity index (χ2v) is 6.26. The van der Waals surface area contributed by atoms with Gasteiger partial charge in [-0.3, -0.25) is 9.59 Å². The van der Waals surface area contributed by atoms with Gasteiger partial charge in [-0.25, -0.2) is 0 Å². The number of thioether (sulfide) groups is 1. The highest BCUT2D eigenvalue weighted by molar-refractivity contribution is 7.99. The predicted molar refractivity (Wildman–Crippen MR) is 85.3 cm³/mol. The Morgan fingerprint density at radius 3 is 2.30 bits per heavy atom. The standard InChI is InChI=1S/C15H22N2O2S/c1-11(2)9-20-10-14(18)16-13-7-5-12(6-8-13)15(19)17(3)4/h5-8,11H,9-10H2,1-4H3,(H,16,18). The number of hydrogen-bond donors (Lipinski definition) is 1. The van der Waals surface area contributed by atoms with Crippen molar-refractivity contribution < 1.29 is 9.59 Å². The summed E-state index contributed by atoms with van der Waals surface area (Å²) >= 11 is 1.63. The molecule has 0 aliphatic carbocycles. The Hall–Kier alpha value is -1.49. The number of nitrogens with zero attached hydrogens (tertiary/aromatic N) is 1. The van der Waals surface area contributed by atoms with E-state index in [0.29, 0.717) is 17.2 Å². The molecule has 0 heterocycles. The molecular weight excluding hydrogens is 272 g/mol. The molecule has 1 N–H and O–H groups in total. The van der Waals surface area contributed by atoms with Gasteiger partial charge in [0.15, 0.2) is 0 Å². The zero-order valence-corrected chi connectivity index (χ0v) is 13.3. The number of carbonyl (C=O) groups is 2. The van der Waals surface area contributed by atoms with Crippen LogP contribution in [-0.4, -0.2) is 42.3 Å². The van der Waals surface area contributed by atoms with Crippen LogP contribution in [0, 0.1) is 5.92 Å². The van der Waals surface area contributed by atoms with Crippen LogP contribution in [0.25, 0.3) is 0 Å². The van der Waals surface area contributed by atoms with Crippen LogP contribution in [-0.2, 0) is 4.79 Å². The minimum atomic E-state index is -0.0460. The number of benzene rings is 1. The Kier molecular flexibility index (Phi) is 6.58. The fourth-order valence-corrected chi connectivity index (χ4v) is 2.39. The van der Waals surface area contributed by atoms with Crippen LogP contribution in [0.1, 0.15) is 24.2 Å². The first-order valence-corrected chi connectivity index (χ1v) is 7.75. The second-order valence-electron chi connectivity index (χ2n) is 5.23. The first-order valence-electron chi connectivity index (χ1n) is 6.59. The molecule has 4 nitrogen and oxygen atoms in total. The van der Waals surface area contributed by atoms with Gasteiger partial charge in [-0.05, 0) is 35.9 Å². The predicted octanol–water partition coefficient (Wildman–Crippen LogP) is 2.72. The van der Waals surface area contributed by atoms with E-state index in [9.17, 15) is 9.59 Å². The summed E-state index contributed by atoms with van der Waals surface area (Å²) in [5, 5.41) is 2.83. The summed E-state index contributed by atoms with van der Waals surface area (Å²) in [5.74, 6) is 1.96. The fraction of sp³-hybridized carbons (Fsp3) is 0.467. The van der Waals surface area contributed by atoms with E-state index in [1.807, 2.05) is 0 Å². The third-order valence-corrected chi connectivity index (χ3v) is 3.87. The number of carbonyl (C=O) groups excluding carboxylic acids is 2. The topological polar surface area (TPSA) is 49.4 Å². The number of hydrogen-bond acceptors (Lipinski definition) is 3. The quantitative estimate of drug-likeness (QED) is 0.877.